The third-order valence-electron chi connectivity index (χ3n) is 2.05. The molecule has 74 valence electrons. The van der Waals surface area contributed by atoms with Crippen molar-refractivity contribution in [3.8, 4) is 0 Å². The molecule has 1 atom stereocenters. The number of thiophene rings is 1. The van der Waals surface area contributed by atoms with Crippen molar-refractivity contribution in [3.05, 3.63) is 21.9 Å². The lowest BCUT2D eigenvalue weighted by Gasteiger charge is -2.10. The molecule has 0 aliphatic heterocycles. The maximum Gasteiger partial charge on any atom is 0.0386 e. The predicted octanol–water partition coefficient (Wildman–Crippen LogP) is 1.92. The zero-order chi connectivity index (χ0) is 9.68. The van der Waals surface area contributed by atoms with E-state index >= 15 is 0 Å². The summed E-state index contributed by atoms with van der Waals surface area (Å²) in [6.07, 6.45) is 1.13. The fourth-order valence-electron chi connectivity index (χ4n) is 1.22. The molecule has 13 heavy (non-hydrogen) atoms. The zero-order valence-electron chi connectivity index (χ0n) is 8.34. The second-order valence-corrected chi connectivity index (χ2v) is 4.32. The third kappa shape index (κ3) is 3.10. The number of hydrogen-bond donors (Lipinski definition) is 2. The molecule has 1 aromatic heterocycles. The van der Waals surface area contributed by atoms with Crippen LogP contribution < -0.4 is 11.1 Å². The Hall–Kier alpha value is -0.380. The number of nitrogens with two attached hydrogens (primary N) is 1. The van der Waals surface area contributed by atoms with Crippen LogP contribution in [0.4, 0.5) is 0 Å². The number of rotatable bonds is 5. The van der Waals surface area contributed by atoms with Gasteiger partial charge in [-0.1, -0.05) is 6.92 Å². The largest absolute Gasteiger partial charge is 0.329 e. The maximum atomic E-state index is 5.43. The van der Waals surface area contributed by atoms with Gasteiger partial charge < -0.3 is 11.1 Å². The average Bonchev–Trinajstić information content (AvgIpc) is 2.62. The first kappa shape index (κ1) is 10.7. The van der Waals surface area contributed by atoms with Gasteiger partial charge in [0, 0.05) is 28.9 Å². The minimum atomic E-state index is 0.439. The van der Waals surface area contributed by atoms with Gasteiger partial charge in [-0.3, -0.25) is 0 Å². The van der Waals surface area contributed by atoms with Gasteiger partial charge in [0.05, 0.1) is 0 Å². The molecule has 3 heteroatoms. The van der Waals surface area contributed by atoms with E-state index in [1.165, 1.54) is 9.75 Å². The van der Waals surface area contributed by atoms with Gasteiger partial charge >= 0.3 is 0 Å². The third-order valence-corrected chi connectivity index (χ3v) is 3.46. The highest BCUT2D eigenvalue weighted by Gasteiger charge is 2.06. The summed E-state index contributed by atoms with van der Waals surface area (Å²) in [6, 6.07) is 4.85. The van der Waals surface area contributed by atoms with E-state index in [4.69, 9.17) is 5.73 Å². The first-order valence-electron chi connectivity index (χ1n) is 4.80. The van der Waals surface area contributed by atoms with Crippen LogP contribution >= 0.6 is 11.3 Å². The Morgan fingerprint density at radius 2 is 2.31 bits per heavy atom. The molecule has 1 rings (SSSR count). The first-order valence-corrected chi connectivity index (χ1v) is 5.61. The Labute approximate surface area is 84.2 Å². The van der Waals surface area contributed by atoms with Crippen molar-refractivity contribution < 1.29 is 0 Å². The van der Waals surface area contributed by atoms with Crippen molar-refractivity contribution in [2.24, 2.45) is 5.73 Å². The maximum absolute atomic E-state index is 5.43. The molecule has 0 aliphatic carbocycles. The SMILES string of the molecule is CCc1ccc(C(C)NCCN)s1. The zero-order valence-corrected chi connectivity index (χ0v) is 9.16. The number of hydrogen-bond acceptors (Lipinski definition) is 3. The van der Waals surface area contributed by atoms with Gasteiger partial charge in [0.2, 0.25) is 0 Å². The molecular weight excluding hydrogens is 180 g/mol. The van der Waals surface area contributed by atoms with E-state index in [0.29, 0.717) is 12.6 Å². The van der Waals surface area contributed by atoms with Crippen LogP contribution in [0.5, 0.6) is 0 Å². The summed E-state index contributed by atoms with van der Waals surface area (Å²) in [6.45, 7) is 5.96. The summed E-state index contributed by atoms with van der Waals surface area (Å²) in [7, 11) is 0. The molecule has 3 N–H and O–H groups in total. The van der Waals surface area contributed by atoms with Crippen LogP contribution in [0, 0.1) is 0 Å². The molecule has 0 aromatic carbocycles. The minimum absolute atomic E-state index is 0.439. The van der Waals surface area contributed by atoms with E-state index in [0.717, 1.165) is 13.0 Å². The molecule has 0 fully saturated rings. The van der Waals surface area contributed by atoms with Crippen LogP contribution in [0.2, 0.25) is 0 Å². The van der Waals surface area contributed by atoms with Crippen molar-refractivity contribution in [3.63, 3.8) is 0 Å². The van der Waals surface area contributed by atoms with Gasteiger partial charge in [-0.15, -0.1) is 11.3 Å². The Bertz CT molecular complexity index is 245. The minimum Gasteiger partial charge on any atom is -0.329 e. The number of nitrogens with one attached hydrogen (secondary N) is 1. The molecule has 0 radical (unpaired) electrons. The smallest absolute Gasteiger partial charge is 0.0386 e. The van der Waals surface area contributed by atoms with E-state index in [9.17, 15) is 0 Å². The Balaban J connectivity index is 2.50. The van der Waals surface area contributed by atoms with Crippen molar-refractivity contribution in [1.29, 1.82) is 0 Å². The molecule has 0 aliphatic rings. The van der Waals surface area contributed by atoms with Crippen LogP contribution in [0.1, 0.15) is 29.6 Å². The molecule has 2 nitrogen and oxygen atoms in total. The van der Waals surface area contributed by atoms with Crippen LogP contribution in [-0.2, 0) is 6.42 Å². The Morgan fingerprint density at radius 1 is 1.54 bits per heavy atom. The Kier molecular flexibility index (Phi) is 4.42. The van der Waals surface area contributed by atoms with E-state index in [1.54, 1.807) is 0 Å². The molecule has 0 spiro atoms. The fraction of sp³-hybridized carbons (Fsp3) is 0.600. The van der Waals surface area contributed by atoms with Crippen LogP contribution in [0.25, 0.3) is 0 Å². The summed E-state index contributed by atoms with van der Waals surface area (Å²) < 4.78 is 0. The van der Waals surface area contributed by atoms with Crippen molar-refractivity contribution in [1.82, 2.24) is 5.32 Å². The monoisotopic (exact) mass is 198 g/mol. The van der Waals surface area contributed by atoms with E-state index in [1.807, 2.05) is 11.3 Å². The lowest BCUT2D eigenvalue weighted by atomic mass is 10.2. The fourth-order valence-corrected chi connectivity index (χ4v) is 2.20. The van der Waals surface area contributed by atoms with Gasteiger partial charge in [-0.2, -0.15) is 0 Å². The quantitative estimate of drug-likeness (QED) is 0.758. The van der Waals surface area contributed by atoms with Gasteiger partial charge in [0.25, 0.3) is 0 Å². The second kappa shape index (κ2) is 5.37. The van der Waals surface area contributed by atoms with E-state index < -0.39 is 0 Å². The van der Waals surface area contributed by atoms with Crippen LogP contribution in [-0.4, -0.2) is 13.1 Å². The summed E-state index contributed by atoms with van der Waals surface area (Å²) in [5.41, 5.74) is 5.43. The van der Waals surface area contributed by atoms with Gasteiger partial charge in [0.1, 0.15) is 0 Å². The summed E-state index contributed by atoms with van der Waals surface area (Å²) >= 11 is 1.89. The molecule has 0 bridgehead atoms. The normalized spacial score (nSPS) is 13.2. The van der Waals surface area contributed by atoms with Crippen molar-refractivity contribution in [2.45, 2.75) is 26.3 Å². The van der Waals surface area contributed by atoms with Crippen molar-refractivity contribution in [2.75, 3.05) is 13.1 Å². The van der Waals surface area contributed by atoms with Crippen LogP contribution in [0.15, 0.2) is 12.1 Å². The average molecular weight is 198 g/mol. The van der Waals surface area contributed by atoms with Gasteiger partial charge in [-0.25, -0.2) is 0 Å². The van der Waals surface area contributed by atoms with Crippen molar-refractivity contribution >= 4 is 11.3 Å². The molecular formula is C10H18N2S. The Morgan fingerprint density at radius 3 is 2.85 bits per heavy atom. The highest BCUT2D eigenvalue weighted by atomic mass is 32.1. The molecule has 1 aromatic rings. The summed E-state index contributed by atoms with van der Waals surface area (Å²) in [4.78, 5) is 2.86. The van der Waals surface area contributed by atoms with E-state index in [-0.39, 0.29) is 0 Å². The molecule has 1 heterocycles. The lowest BCUT2D eigenvalue weighted by Crippen LogP contribution is -2.24. The first-order chi connectivity index (χ1) is 6.27. The van der Waals surface area contributed by atoms with E-state index in [2.05, 4.69) is 31.3 Å². The summed E-state index contributed by atoms with van der Waals surface area (Å²) in [5.74, 6) is 0. The molecule has 0 saturated carbocycles. The van der Waals surface area contributed by atoms with Gasteiger partial charge in [0.15, 0.2) is 0 Å². The molecule has 1 unspecified atom stereocenters. The predicted molar refractivity (Wildman–Crippen MR) is 59.2 cm³/mol. The summed E-state index contributed by atoms with van der Waals surface area (Å²) in [5, 5.41) is 3.37. The highest BCUT2D eigenvalue weighted by molar-refractivity contribution is 7.12. The van der Waals surface area contributed by atoms with Gasteiger partial charge in [-0.05, 0) is 25.5 Å². The topological polar surface area (TPSA) is 38.0 Å². The second-order valence-electron chi connectivity index (χ2n) is 3.12. The van der Waals surface area contributed by atoms with Crippen LogP contribution in [0.3, 0.4) is 0 Å². The molecule has 0 amide bonds. The molecule has 0 saturated heterocycles. The lowest BCUT2D eigenvalue weighted by molar-refractivity contribution is 0.590. The number of aryl methyl sites for hydroxylation is 1. The standard InChI is InChI=1S/C10H18N2S/c1-3-9-4-5-10(13-9)8(2)12-7-6-11/h4-5,8,12H,3,6-7,11H2,1-2H3. The highest BCUT2D eigenvalue weighted by Crippen LogP contribution is 2.22.